The number of carbonyl (C=O) groups is 9. The van der Waals surface area contributed by atoms with E-state index in [1.807, 2.05) is 27.7 Å². The molecule has 0 aromatic carbocycles. The molecule has 1 fully saturated rings. The molecule has 1 aliphatic heterocycles. The van der Waals surface area contributed by atoms with Gasteiger partial charge in [-0.2, -0.15) is 0 Å². The summed E-state index contributed by atoms with van der Waals surface area (Å²) < 4.78 is 0. The normalized spacial score (nSPS) is 17.7. The Hall–Kier alpha value is -5.68. The number of aromatic amines is 1. The number of likely N-dealkylation sites (tertiary alicyclic amines) is 1. The van der Waals surface area contributed by atoms with Crippen molar-refractivity contribution in [2.24, 2.45) is 35.1 Å². The van der Waals surface area contributed by atoms with Gasteiger partial charge < -0.3 is 68.8 Å². The first-order valence-electron chi connectivity index (χ1n) is 23.7. The summed E-state index contributed by atoms with van der Waals surface area (Å²) in [6, 6.07) is -9.49. The molecule has 1 aromatic heterocycles. The zero-order chi connectivity index (χ0) is 51.4. The van der Waals surface area contributed by atoms with Crippen LogP contribution in [0, 0.1) is 23.7 Å². The van der Waals surface area contributed by atoms with E-state index in [2.05, 4.69) is 47.2 Å². The van der Waals surface area contributed by atoms with Crippen LogP contribution in [-0.4, -0.2) is 152 Å². The molecule has 0 unspecified atom stereocenters. The maximum atomic E-state index is 14.2. The van der Waals surface area contributed by atoms with Gasteiger partial charge in [0.15, 0.2) is 0 Å². The van der Waals surface area contributed by atoms with Crippen molar-refractivity contribution >= 4 is 53.2 Å². The van der Waals surface area contributed by atoms with Gasteiger partial charge in [0.1, 0.15) is 42.3 Å². The van der Waals surface area contributed by atoms with E-state index in [0.29, 0.717) is 37.9 Å². The Bertz CT molecular complexity index is 1840. The topological polar surface area (TPSA) is 362 Å². The van der Waals surface area contributed by atoms with Crippen molar-refractivity contribution in [2.45, 2.75) is 168 Å². The summed E-state index contributed by atoms with van der Waals surface area (Å²) in [5.41, 5.74) is 12.3. The van der Waals surface area contributed by atoms with Gasteiger partial charge in [-0.05, 0) is 75.7 Å². The number of amides is 8. The lowest BCUT2D eigenvalue weighted by atomic mass is 9.97. The van der Waals surface area contributed by atoms with Gasteiger partial charge in [-0.3, -0.25) is 38.4 Å². The Morgan fingerprint density at radius 3 is 1.94 bits per heavy atom. The molecule has 0 spiro atoms. The van der Waals surface area contributed by atoms with E-state index in [1.165, 1.54) is 24.3 Å². The van der Waals surface area contributed by atoms with Crippen LogP contribution >= 0.6 is 0 Å². The molecule has 68 heavy (non-hydrogen) atoms. The molecule has 23 nitrogen and oxygen atoms in total. The van der Waals surface area contributed by atoms with E-state index in [4.69, 9.17) is 11.5 Å². The molecule has 10 atom stereocenters. The monoisotopic (exact) mass is 963 g/mol. The highest BCUT2D eigenvalue weighted by molar-refractivity contribution is 5.98. The Morgan fingerprint density at radius 1 is 0.779 bits per heavy atom. The average Bonchev–Trinajstić information content (AvgIpc) is 3.99. The van der Waals surface area contributed by atoms with Crippen LogP contribution in [-0.2, 0) is 49.6 Å². The molecule has 0 bridgehead atoms. The second-order valence-corrected chi connectivity index (χ2v) is 18.8. The maximum absolute atomic E-state index is 14.2. The fourth-order valence-corrected chi connectivity index (χ4v) is 7.54. The zero-order valence-electron chi connectivity index (χ0n) is 41.1. The number of nitrogens with two attached hydrogens (primary N) is 2. The van der Waals surface area contributed by atoms with E-state index in [9.17, 15) is 53.4 Å². The Morgan fingerprint density at radius 2 is 1.40 bits per heavy atom. The molecule has 2 rings (SSSR count). The number of carbonyl (C=O) groups excluding carboxylic acids is 8. The van der Waals surface area contributed by atoms with Crippen LogP contribution in [0.3, 0.4) is 0 Å². The summed E-state index contributed by atoms with van der Waals surface area (Å²) in [5.74, 6) is -8.14. The fourth-order valence-electron chi connectivity index (χ4n) is 7.54. The van der Waals surface area contributed by atoms with Crippen molar-refractivity contribution in [2.75, 3.05) is 19.6 Å². The molecular weight excluding hydrogens is 885 g/mol. The molecule has 14 N–H and O–H groups in total. The summed E-state index contributed by atoms with van der Waals surface area (Å²) in [6.07, 6.45) is 3.72. The number of hydrogen-bond acceptors (Lipinski definition) is 13. The zero-order valence-corrected chi connectivity index (χ0v) is 41.1. The minimum absolute atomic E-state index is 0.0298. The van der Waals surface area contributed by atoms with Crippen molar-refractivity contribution in [1.29, 1.82) is 0 Å². The number of aliphatic carboxylic acids is 1. The van der Waals surface area contributed by atoms with Crippen molar-refractivity contribution < 1.29 is 53.4 Å². The molecule has 1 aromatic rings. The predicted octanol–water partition coefficient (Wildman–Crippen LogP) is -1.71. The third-order valence-corrected chi connectivity index (χ3v) is 11.9. The molecule has 0 radical (unpaired) electrons. The molecule has 8 amide bonds. The second kappa shape index (κ2) is 28.6. The van der Waals surface area contributed by atoms with Gasteiger partial charge >= 0.3 is 5.97 Å². The smallest absolute Gasteiger partial charge is 0.326 e. The molecule has 0 aliphatic carbocycles. The van der Waals surface area contributed by atoms with E-state index < -0.39 is 126 Å². The summed E-state index contributed by atoms with van der Waals surface area (Å²) in [6.45, 7) is 15.1. The first kappa shape index (κ1) is 58.4. The van der Waals surface area contributed by atoms with Crippen molar-refractivity contribution in [3.8, 4) is 0 Å². The van der Waals surface area contributed by atoms with Crippen LogP contribution in [0.25, 0.3) is 0 Å². The van der Waals surface area contributed by atoms with Crippen molar-refractivity contribution in [1.82, 2.24) is 52.1 Å². The number of aliphatic hydroxyl groups excluding tert-OH is 1. The molecule has 384 valence electrons. The van der Waals surface area contributed by atoms with E-state index >= 15 is 0 Å². The standard InChI is InChI=1S/C45H78N12O11/c1-10-26(8)34(47)42(64)52-30(18-23(2)3)40(62)51-29(14-11-12-16-46)39(61)56-37(27(9)58)44(66)57-17-13-15-32(57)41(63)55-35(24(4)5)43(65)53-31(19-28-20-48-22-50-28)38(60)49-21-33(59)54-36(25(6)7)45(67)68/h20,22-27,29-32,34-37,58H,10-19,21,46-47H2,1-9H3,(H,48,50)(H,49,60)(H,51,62)(H,52,64)(H,53,65)(H,54,59)(H,55,63)(H,56,61)(H,67,68)/t26-,27+,29-,30-,31-,32-,34-,35-,36-,37-/m0/s1. The lowest BCUT2D eigenvalue weighted by Gasteiger charge is -2.32. The number of rotatable bonds is 29. The van der Waals surface area contributed by atoms with Crippen LogP contribution < -0.4 is 48.7 Å². The highest BCUT2D eigenvalue weighted by Crippen LogP contribution is 2.21. The number of aliphatic hydroxyl groups is 1. The van der Waals surface area contributed by atoms with Crippen molar-refractivity contribution in [3.05, 3.63) is 18.2 Å². The quantitative estimate of drug-likeness (QED) is 0.0398. The van der Waals surface area contributed by atoms with Crippen LogP contribution in [0.2, 0.25) is 0 Å². The minimum Gasteiger partial charge on any atom is -0.480 e. The minimum atomic E-state index is -1.56. The number of carboxylic acids is 1. The number of nitrogens with zero attached hydrogens (tertiary/aromatic N) is 2. The van der Waals surface area contributed by atoms with E-state index in [-0.39, 0.29) is 44.1 Å². The largest absolute Gasteiger partial charge is 0.480 e. The number of carboxylic acid groups (broad SMARTS) is 1. The molecule has 1 aliphatic rings. The van der Waals surface area contributed by atoms with E-state index in [0.717, 1.165) is 0 Å². The first-order chi connectivity index (χ1) is 31.9. The SMILES string of the molecule is CC[C@H](C)[C@H](N)C(=O)N[C@@H](CC(C)C)C(=O)N[C@@H](CCCCN)C(=O)N[C@H](C(=O)N1CCC[C@H]1C(=O)N[C@H](C(=O)N[C@@H](Cc1cnc[nH]1)C(=O)NCC(=O)N[C@H](C(=O)O)C(C)C)C(C)C)[C@@H](C)O. The molecule has 23 heteroatoms. The van der Waals surface area contributed by atoms with Gasteiger partial charge in [-0.15, -0.1) is 0 Å². The lowest BCUT2D eigenvalue weighted by Crippen LogP contribution is -2.62. The summed E-state index contributed by atoms with van der Waals surface area (Å²) in [5, 5.41) is 38.5. The van der Waals surface area contributed by atoms with Crippen molar-refractivity contribution in [3.63, 3.8) is 0 Å². The molecule has 2 heterocycles. The summed E-state index contributed by atoms with van der Waals surface area (Å²) in [4.78, 5) is 128. The lowest BCUT2D eigenvalue weighted by molar-refractivity contribution is -0.145. The third kappa shape index (κ3) is 18.4. The number of aromatic nitrogens is 2. The molecule has 0 saturated carbocycles. The van der Waals surface area contributed by atoms with Gasteiger partial charge in [0, 0.05) is 24.9 Å². The van der Waals surface area contributed by atoms with Crippen LogP contribution in [0.15, 0.2) is 12.5 Å². The van der Waals surface area contributed by atoms with Crippen LogP contribution in [0.1, 0.15) is 113 Å². The number of nitrogens with one attached hydrogen (secondary N) is 8. The van der Waals surface area contributed by atoms with E-state index in [1.54, 1.807) is 27.7 Å². The number of H-pyrrole nitrogens is 1. The van der Waals surface area contributed by atoms with Gasteiger partial charge in [-0.25, -0.2) is 9.78 Å². The first-order valence-corrected chi connectivity index (χ1v) is 23.7. The van der Waals surface area contributed by atoms with Gasteiger partial charge in [0.25, 0.3) is 0 Å². The number of hydrogen-bond donors (Lipinski definition) is 12. The third-order valence-electron chi connectivity index (χ3n) is 11.9. The van der Waals surface area contributed by atoms with Gasteiger partial charge in [0.05, 0.1) is 25.0 Å². The maximum Gasteiger partial charge on any atom is 0.326 e. The Labute approximate surface area is 399 Å². The predicted molar refractivity (Wildman–Crippen MR) is 250 cm³/mol. The average molecular weight is 963 g/mol. The Kier molecular flexibility index (Phi) is 24.6. The van der Waals surface area contributed by atoms with Gasteiger partial charge in [-0.1, -0.05) is 61.8 Å². The summed E-state index contributed by atoms with van der Waals surface area (Å²) >= 11 is 0. The van der Waals surface area contributed by atoms with Gasteiger partial charge in [0.2, 0.25) is 47.3 Å². The number of imidazole rings is 1. The summed E-state index contributed by atoms with van der Waals surface area (Å²) in [7, 11) is 0. The fraction of sp³-hybridized carbons (Fsp3) is 0.733. The van der Waals surface area contributed by atoms with Crippen LogP contribution in [0.4, 0.5) is 0 Å². The molecular formula is C45H78N12O11. The number of unbranched alkanes of at least 4 members (excludes halogenated alkanes) is 1. The highest BCUT2D eigenvalue weighted by Gasteiger charge is 2.42. The second-order valence-electron chi connectivity index (χ2n) is 18.8. The highest BCUT2D eigenvalue weighted by atomic mass is 16.4. The van der Waals surface area contributed by atoms with Crippen LogP contribution in [0.5, 0.6) is 0 Å². The Balaban J connectivity index is 2.27. The molecule has 1 saturated heterocycles.